The Morgan fingerprint density at radius 3 is 2.56 bits per heavy atom. The maximum atomic E-state index is 13.0. The average molecular weight is 447 g/mol. The molecule has 0 aliphatic carbocycles. The topological polar surface area (TPSA) is 78.2 Å². The number of hydrogen-bond acceptors (Lipinski definition) is 4. The fraction of sp³-hybridized carbons (Fsp3) is 0.300. The summed E-state index contributed by atoms with van der Waals surface area (Å²) in [6, 6.07) is 16.7. The van der Waals surface area contributed by atoms with Crippen LogP contribution in [0.3, 0.4) is 0 Å². The number of nitriles is 1. The first kappa shape index (κ1) is 19.7. The van der Waals surface area contributed by atoms with Crippen LogP contribution < -0.4 is 0 Å². The first-order chi connectivity index (χ1) is 12.8. The smallest absolute Gasteiger partial charge is 0.211 e. The van der Waals surface area contributed by atoms with E-state index in [2.05, 4.69) is 22.0 Å². The molecule has 1 saturated heterocycles. The van der Waals surface area contributed by atoms with Crippen LogP contribution in [0.5, 0.6) is 0 Å². The van der Waals surface area contributed by atoms with Gasteiger partial charge in [-0.3, -0.25) is 4.79 Å². The molecular weight excluding hydrogens is 428 g/mol. The van der Waals surface area contributed by atoms with Crippen molar-refractivity contribution in [3.8, 4) is 6.07 Å². The van der Waals surface area contributed by atoms with Crippen molar-refractivity contribution in [2.75, 3.05) is 19.3 Å². The zero-order valence-corrected chi connectivity index (χ0v) is 17.2. The van der Waals surface area contributed by atoms with Crippen LogP contribution in [-0.2, 0) is 21.2 Å². The second-order valence-corrected chi connectivity index (χ2v) is 9.70. The second-order valence-electron chi connectivity index (χ2n) is 6.80. The minimum atomic E-state index is -3.39. The van der Waals surface area contributed by atoms with Crippen LogP contribution in [0.1, 0.15) is 22.6 Å². The number of halogens is 1. The maximum Gasteiger partial charge on any atom is 0.211 e. The lowest BCUT2D eigenvalue weighted by Crippen LogP contribution is -2.29. The molecule has 2 aromatic rings. The van der Waals surface area contributed by atoms with Crippen LogP contribution in [0.4, 0.5) is 0 Å². The molecule has 0 amide bonds. The Morgan fingerprint density at radius 2 is 1.93 bits per heavy atom. The standard InChI is InChI=1S/C20H19BrN2O3S/c1-27(25,26)23-12-18(16-4-2-3-15(9-16)11-22)19(13-23)20(24)10-14-5-7-17(21)8-6-14/h2-9,18-19H,10,12-13H2,1H3/t18-,19+/m0/s1. The zero-order valence-electron chi connectivity index (χ0n) is 14.8. The van der Waals surface area contributed by atoms with E-state index in [1.165, 1.54) is 4.31 Å². The third-order valence-electron chi connectivity index (χ3n) is 4.90. The van der Waals surface area contributed by atoms with Gasteiger partial charge in [-0.2, -0.15) is 5.26 Å². The molecule has 0 saturated carbocycles. The van der Waals surface area contributed by atoms with Gasteiger partial charge in [0, 0.05) is 35.8 Å². The lowest BCUT2D eigenvalue weighted by Gasteiger charge is -2.18. The molecule has 0 bridgehead atoms. The summed E-state index contributed by atoms with van der Waals surface area (Å²) in [5, 5.41) is 9.15. The summed E-state index contributed by atoms with van der Waals surface area (Å²) in [5.74, 6) is -0.677. The molecule has 5 nitrogen and oxygen atoms in total. The van der Waals surface area contributed by atoms with Gasteiger partial charge in [0.1, 0.15) is 5.78 Å². The molecule has 7 heteroatoms. The van der Waals surface area contributed by atoms with Crippen molar-refractivity contribution < 1.29 is 13.2 Å². The zero-order chi connectivity index (χ0) is 19.6. The number of rotatable bonds is 5. The van der Waals surface area contributed by atoms with Gasteiger partial charge < -0.3 is 0 Å². The van der Waals surface area contributed by atoms with Gasteiger partial charge in [0.25, 0.3) is 0 Å². The van der Waals surface area contributed by atoms with Crippen molar-refractivity contribution in [2.45, 2.75) is 12.3 Å². The summed E-state index contributed by atoms with van der Waals surface area (Å²) >= 11 is 3.38. The van der Waals surface area contributed by atoms with Gasteiger partial charge in [-0.25, -0.2) is 12.7 Å². The molecule has 0 N–H and O–H groups in total. The summed E-state index contributed by atoms with van der Waals surface area (Å²) in [6.07, 6.45) is 1.42. The van der Waals surface area contributed by atoms with Gasteiger partial charge in [0.05, 0.1) is 17.9 Å². The van der Waals surface area contributed by atoms with Crippen LogP contribution in [0, 0.1) is 17.2 Å². The highest BCUT2D eigenvalue weighted by atomic mass is 79.9. The lowest BCUT2D eigenvalue weighted by molar-refractivity contribution is -0.122. The van der Waals surface area contributed by atoms with Crippen molar-refractivity contribution >= 4 is 31.7 Å². The van der Waals surface area contributed by atoms with Crippen LogP contribution in [0.25, 0.3) is 0 Å². The summed E-state index contributed by atoms with van der Waals surface area (Å²) in [7, 11) is -3.39. The molecule has 1 fully saturated rings. The normalized spacial score (nSPS) is 20.3. The van der Waals surface area contributed by atoms with Gasteiger partial charge in [0.15, 0.2) is 0 Å². The van der Waals surface area contributed by atoms with E-state index in [9.17, 15) is 13.2 Å². The van der Waals surface area contributed by atoms with E-state index >= 15 is 0 Å². The quantitative estimate of drug-likeness (QED) is 0.706. The molecule has 2 atom stereocenters. The molecule has 3 rings (SSSR count). The first-order valence-corrected chi connectivity index (χ1v) is 11.1. The molecule has 1 aliphatic heterocycles. The van der Waals surface area contributed by atoms with E-state index in [1.807, 2.05) is 30.3 Å². The molecule has 0 unspecified atom stereocenters. The van der Waals surface area contributed by atoms with E-state index in [-0.39, 0.29) is 31.2 Å². The number of carbonyl (C=O) groups excluding carboxylic acids is 1. The molecule has 1 aliphatic rings. The van der Waals surface area contributed by atoms with Crippen LogP contribution in [-0.4, -0.2) is 37.9 Å². The third kappa shape index (κ3) is 4.64. The fourth-order valence-corrected chi connectivity index (χ4v) is 4.60. The van der Waals surface area contributed by atoms with Gasteiger partial charge in [-0.1, -0.05) is 40.2 Å². The number of nitrogens with zero attached hydrogens (tertiary/aromatic N) is 2. The van der Waals surface area contributed by atoms with Crippen LogP contribution in [0.15, 0.2) is 53.0 Å². The summed E-state index contributed by atoms with van der Waals surface area (Å²) in [4.78, 5) is 13.0. The number of sulfonamides is 1. The Bertz CT molecular complexity index is 997. The Hall–Kier alpha value is -2.01. The highest BCUT2D eigenvalue weighted by molar-refractivity contribution is 9.10. The van der Waals surface area contributed by atoms with E-state index in [1.54, 1.807) is 18.2 Å². The summed E-state index contributed by atoms with van der Waals surface area (Å²) < 4.78 is 26.4. The molecule has 27 heavy (non-hydrogen) atoms. The molecule has 1 heterocycles. The van der Waals surface area contributed by atoms with E-state index in [0.29, 0.717) is 5.56 Å². The first-order valence-electron chi connectivity index (χ1n) is 8.50. The number of carbonyl (C=O) groups is 1. The second kappa shape index (κ2) is 7.93. The van der Waals surface area contributed by atoms with Gasteiger partial charge >= 0.3 is 0 Å². The SMILES string of the molecule is CS(=O)(=O)N1C[C@@H](C(=O)Cc2ccc(Br)cc2)[C@H](c2cccc(C#N)c2)C1. The number of ketones is 1. The van der Waals surface area contributed by atoms with E-state index < -0.39 is 15.9 Å². The van der Waals surface area contributed by atoms with Crippen molar-refractivity contribution in [3.05, 3.63) is 69.7 Å². The maximum absolute atomic E-state index is 13.0. The molecular formula is C20H19BrN2O3S. The van der Waals surface area contributed by atoms with Crippen molar-refractivity contribution in [1.29, 1.82) is 5.26 Å². The lowest BCUT2D eigenvalue weighted by atomic mass is 9.84. The van der Waals surface area contributed by atoms with Crippen LogP contribution >= 0.6 is 15.9 Å². The number of hydrogen-bond donors (Lipinski definition) is 0. The van der Waals surface area contributed by atoms with Crippen molar-refractivity contribution in [1.82, 2.24) is 4.31 Å². The molecule has 140 valence electrons. The van der Waals surface area contributed by atoms with Gasteiger partial charge in [-0.05, 0) is 35.4 Å². The predicted molar refractivity (Wildman–Crippen MR) is 107 cm³/mol. The predicted octanol–water partition coefficient (Wildman–Crippen LogP) is 3.11. The van der Waals surface area contributed by atoms with Crippen molar-refractivity contribution in [2.24, 2.45) is 5.92 Å². The number of Topliss-reactive ketones (excluding diaryl/α,β-unsaturated/α-hetero) is 1. The Labute approximate surface area is 167 Å². The average Bonchev–Trinajstić information content (AvgIpc) is 3.10. The largest absolute Gasteiger partial charge is 0.299 e. The molecule has 0 spiro atoms. The Balaban J connectivity index is 1.90. The molecule has 0 radical (unpaired) electrons. The summed E-state index contributed by atoms with van der Waals surface area (Å²) in [6.45, 7) is 0.431. The highest BCUT2D eigenvalue weighted by Gasteiger charge is 2.41. The van der Waals surface area contributed by atoms with Gasteiger partial charge in [0.2, 0.25) is 10.0 Å². The molecule has 0 aromatic heterocycles. The number of benzene rings is 2. The molecule has 2 aromatic carbocycles. The van der Waals surface area contributed by atoms with Gasteiger partial charge in [-0.15, -0.1) is 0 Å². The Kier molecular flexibility index (Phi) is 5.80. The van der Waals surface area contributed by atoms with E-state index in [0.717, 1.165) is 21.9 Å². The minimum absolute atomic E-state index is 0.0100. The van der Waals surface area contributed by atoms with Crippen molar-refractivity contribution in [3.63, 3.8) is 0 Å². The minimum Gasteiger partial charge on any atom is -0.299 e. The third-order valence-corrected chi connectivity index (χ3v) is 6.67. The fourth-order valence-electron chi connectivity index (χ4n) is 3.48. The van der Waals surface area contributed by atoms with E-state index in [4.69, 9.17) is 5.26 Å². The summed E-state index contributed by atoms with van der Waals surface area (Å²) in [5.41, 5.74) is 2.23. The monoisotopic (exact) mass is 446 g/mol. The highest BCUT2D eigenvalue weighted by Crippen LogP contribution is 2.35. The Morgan fingerprint density at radius 1 is 1.22 bits per heavy atom. The van der Waals surface area contributed by atoms with Crippen LogP contribution in [0.2, 0.25) is 0 Å².